The van der Waals surface area contributed by atoms with Gasteiger partial charge in [0.15, 0.2) is 0 Å². The van der Waals surface area contributed by atoms with Crippen LogP contribution in [0.25, 0.3) is 0 Å². The fourth-order valence-electron chi connectivity index (χ4n) is 4.65. The number of nitrogens with zero attached hydrogens (tertiary/aromatic N) is 1. The highest BCUT2D eigenvalue weighted by Gasteiger charge is 2.21. The van der Waals surface area contributed by atoms with Gasteiger partial charge in [-0.1, -0.05) is 50.3 Å². The molecule has 0 aromatic heterocycles. The molecule has 0 atom stereocenters. The van der Waals surface area contributed by atoms with E-state index in [4.69, 9.17) is 0 Å². The summed E-state index contributed by atoms with van der Waals surface area (Å²) in [4.78, 5) is 25.6. The number of benzene rings is 1. The molecule has 1 aliphatic rings. The van der Waals surface area contributed by atoms with Crippen LogP contribution in [0, 0.1) is 18.8 Å². The molecule has 212 valence electrons. The molecular weight excluding hydrogens is 488 g/mol. The number of nitrogens with one attached hydrogen (secondary N) is 3. The highest BCUT2D eigenvalue weighted by atomic mass is 16.3. The van der Waals surface area contributed by atoms with Crippen molar-refractivity contribution in [1.29, 1.82) is 0 Å². The second kappa shape index (κ2) is 17.9. The van der Waals surface area contributed by atoms with Gasteiger partial charge in [-0.05, 0) is 62.5 Å². The van der Waals surface area contributed by atoms with Crippen molar-refractivity contribution >= 4 is 11.8 Å². The Hall–Kier alpha value is -3.50. The number of hydrogen-bond acceptors (Lipinski definition) is 5. The van der Waals surface area contributed by atoms with Crippen molar-refractivity contribution in [2.75, 3.05) is 26.2 Å². The maximum absolute atomic E-state index is 12.4. The molecule has 0 unspecified atom stereocenters. The first-order valence-corrected chi connectivity index (χ1v) is 14.1. The fourth-order valence-corrected chi connectivity index (χ4v) is 4.65. The van der Waals surface area contributed by atoms with E-state index in [9.17, 15) is 14.7 Å². The van der Waals surface area contributed by atoms with E-state index in [1.54, 1.807) is 12.2 Å². The Balaban J connectivity index is 1.73. The Morgan fingerprint density at radius 3 is 2.51 bits per heavy atom. The fraction of sp³-hybridized carbons (Fsp3) is 0.500. The lowest BCUT2D eigenvalue weighted by molar-refractivity contribution is -0.122. The molecule has 1 aliphatic heterocycles. The molecule has 2 rings (SSSR count). The van der Waals surface area contributed by atoms with Crippen LogP contribution in [0.3, 0.4) is 0 Å². The zero-order chi connectivity index (χ0) is 28.5. The monoisotopic (exact) mass is 534 g/mol. The van der Waals surface area contributed by atoms with Gasteiger partial charge in [-0.15, -0.1) is 0 Å². The van der Waals surface area contributed by atoms with Crippen molar-refractivity contribution < 1.29 is 14.7 Å². The molecule has 0 bridgehead atoms. The average Bonchev–Trinajstić information content (AvgIpc) is 2.91. The Kier molecular flexibility index (Phi) is 14.6. The number of rotatable bonds is 15. The Morgan fingerprint density at radius 1 is 1.10 bits per heavy atom. The summed E-state index contributed by atoms with van der Waals surface area (Å²) < 4.78 is 0. The number of likely N-dealkylation sites (tertiary alicyclic amines) is 1. The number of aryl methyl sites for hydroxylation is 1. The maximum atomic E-state index is 12.4. The predicted molar refractivity (Wildman–Crippen MR) is 159 cm³/mol. The minimum Gasteiger partial charge on any atom is -0.507 e. The van der Waals surface area contributed by atoms with Crippen LogP contribution in [0.15, 0.2) is 49.2 Å². The van der Waals surface area contributed by atoms with E-state index in [1.165, 1.54) is 6.92 Å². The molecule has 1 heterocycles. The Labute approximate surface area is 234 Å². The van der Waals surface area contributed by atoms with Gasteiger partial charge >= 0.3 is 0 Å². The SMILES string of the molecule is C=C/C=C(\C=C)NCC#Cc1cc(C)c(O)c(CN2CCC(NC(=O)CCCCCCCNC(C)=O)CC2)c1. The van der Waals surface area contributed by atoms with Crippen LogP contribution in [-0.4, -0.2) is 54.0 Å². The van der Waals surface area contributed by atoms with Crippen LogP contribution < -0.4 is 16.0 Å². The number of phenolic OH excluding ortho intramolecular Hbond substituents is 1. The van der Waals surface area contributed by atoms with Gasteiger partial charge in [0.2, 0.25) is 11.8 Å². The summed E-state index contributed by atoms with van der Waals surface area (Å²) in [5.74, 6) is 6.80. The van der Waals surface area contributed by atoms with Gasteiger partial charge in [0.05, 0.1) is 6.54 Å². The van der Waals surface area contributed by atoms with Crippen LogP contribution in [0.2, 0.25) is 0 Å². The van der Waals surface area contributed by atoms with Crippen LogP contribution >= 0.6 is 0 Å². The molecule has 1 aromatic rings. The molecule has 0 spiro atoms. The normalized spacial score (nSPS) is 14.2. The van der Waals surface area contributed by atoms with Crippen LogP contribution in [0.1, 0.15) is 75.0 Å². The first-order chi connectivity index (χ1) is 18.8. The zero-order valence-corrected chi connectivity index (χ0v) is 23.8. The number of unbranched alkanes of at least 4 members (excludes halogenated alkanes) is 4. The van der Waals surface area contributed by atoms with Crippen LogP contribution in [0.4, 0.5) is 0 Å². The summed E-state index contributed by atoms with van der Waals surface area (Å²) in [6.45, 7) is 14.5. The van der Waals surface area contributed by atoms with Crippen molar-refractivity contribution in [2.24, 2.45) is 0 Å². The van der Waals surface area contributed by atoms with Gasteiger partial charge in [0.25, 0.3) is 0 Å². The molecule has 1 saturated heterocycles. The second-order valence-electron chi connectivity index (χ2n) is 10.1. The van der Waals surface area contributed by atoms with Crippen molar-refractivity contribution in [1.82, 2.24) is 20.9 Å². The maximum Gasteiger partial charge on any atom is 0.220 e. The minimum absolute atomic E-state index is 0.0189. The van der Waals surface area contributed by atoms with Crippen LogP contribution in [-0.2, 0) is 16.1 Å². The van der Waals surface area contributed by atoms with E-state index in [2.05, 4.69) is 45.8 Å². The number of amides is 2. The molecule has 39 heavy (non-hydrogen) atoms. The molecule has 2 amide bonds. The van der Waals surface area contributed by atoms with E-state index < -0.39 is 0 Å². The summed E-state index contributed by atoms with van der Waals surface area (Å²) in [6, 6.07) is 4.09. The Bertz CT molecular complexity index is 1060. The number of aromatic hydroxyl groups is 1. The van der Waals surface area contributed by atoms with Crippen LogP contribution in [0.5, 0.6) is 5.75 Å². The summed E-state index contributed by atoms with van der Waals surface area (Å²) in [5.41, 5.74) is 3.45. The smallest absolute Gasteiger partial charge is 0.220 e. The molecule has 4 N–H and O–H groups in total. The predicted octanol–water partition coefficient (Wildman–Crippen LogP) is 4.45. The molecule has 0 saturated carbocycles. The molecular formula is C32H46N4O3. The zero-order valence-electron chi connectivity index (χ0n) is 23.8. The summed E-state index contributed by atoms with van der Waals surface area (Å²) in [6.07, 6.45) is 12.7. The van der Waals surface area contributed by atoms with E-state index in [0.717, 1.165) is 87.0 Å². The van der Waals surface area contributed by atoms with E-state index in [-0.39, 0.29) is 17.9 Å². The summed E-state index contributed by atoms with van der Waals surface area (Å²) in [7, 11) is 0. The summed E-state index contributed by atoms with van der Waals surface area (Å²) in [5, 5.41) is 19.9. The van der Waals surface area contributed by atoms with Gasteiger partial charge in [-0.2, -0.15) is 0 Å². The first-order valence-electron chi connectivity index (χ1n) is 14.1. The molecule has 0 radical (unpaired) electrons. The van der Waals surface area contributed by atoms with Gasteiger partial charge < -0.3 is 21.1 Å². The largest absolute Gasteiger partial charge is 0.507 e. The van der Waals surface area contributed by atoms with Gasteiger partial charge in [-0.25, -0.2) is 0 Å². The Morgan fingerprint density at radius 2 is 1.82 bits per heavy atom. The lowest BCUT2D eigenvalue weighted by Gasteiger charge is -2.32. The number of piperidine rings is 1. The second-order valence-corrected chi connectivity index (χ2v) is 10.1. The van der Waals surface area contributed by atoms with E-state index in [0.29, 0.717) is 25.3 Å². The average molecular weight is 535 g/mol. The van der Waals surface area contributed by atoms with Crippen molar-refractivity contribution in [3.63, 3.8) is 0 Å². The molecule has 7 heteroatoms. The van der Waals surface area contributed by atoms with Gasteiger partial charge in [-0.3, -0.25) is 14.5 Å². The minimum atomic E-state index is 0.0189. The number of carbonyl (C=O) groups excluding carboxylic acids is 2. The van der Waals surface area contributed by atoms with E-state index >= 15 is 0 Å². The first kappa shape index (κ1) is 31.7. The third-order valence-electron chi connectivity index (χ3n) is 6.81. The number of hydrogen-bond donors (Lipinski definition) is 4. The number of phenols is 1. The quantitative estimate of drug-likeness (QED) is 0.152. The number of carbonyl (C=O) groups is 2. The van der Waals surface area contributed by atoms with Gasteiger partial charge in [0, 0.05) is 62.4 Å². The molecule has 1 fully saturated rings. The summed E-state index contributed by atoms with van der Waals surface area (Å²) >= 11 is 0. The van der Waals surface area contributed by atoms with Crippen molar-refractivity contribution in [3.8, 4) is 17.6 Å². The highest BCUT2D eigenvalue weighted by molar-refractivity contribution is 5.76. The highest BCUT2D eigenvalue weighted by Crippen LogP contribution is 2.26. The molecule has 0 aliphatic carbocycles. The molecule has 1 aromatic carbocycles. The van der Waals surface area contributed by atoms with Crippen molar-refractivity contribution in [2.45, 2.75) is 77.8 Å². The topological polar surface area (TPSA) is 93.7 Å². The third kappa shape index (κ3) is 12.7. The van der Waals surface area contributed by atoms with Crippen molar-refractivity contribution in [3.05, 3.63) is 65.9 Å². The van der Waals surface area contributed by atoms with E-state index in [1.807, 2.05) is 25.1 Å². The van der Waals surface area contributed by atoms with Gasteiger partial charge in [0.1, 0.15) is 5.75 Å². The lowest BCUT2D eigenvalue weighted by atomic mass is 10.0. The molecule has 7 nitrogen and oxygen atoms in total. The lowest BCUT2D eigenvalue weighted by Crippen LogP contribution is -2.44. The standard InChI is InChI=1S/C32H46N4O3/c1-5-13-29(6-2)34-19-12-14-27-22-25(3)32(39)28(23-27)24-36-20-16-30(17-21-36)35-31(38)15-10-8-7-9-11-18-33-26(4)37/h5-6,13,22-23,30,34,39H,1-2,7-11,15-21,24H2,3-4H3,(H,33,37)(H,35,38)/b29-13+. The third-order valence-corrected chi connectivity index (χ3v) is 6.81. The number of allylic oxidation sites excluding steroid dienone is 3.